The van der Waals surface area contributed by atoms with Crippen LogP contribution in [-0.4, -0.2) is 41.8 Å². The maximum atomic E-state index is 12.6. The first-order chi connectivity index (χ1) is 15.5. The van der Waals surface area contributed by atoms with Gasteiger partial charge in [-0.3, -0.25) is 4.79 Å². The van der Waals surface area contributed by atoms with Crippen molar-refractivity contribution in [1.29, 1.82) is 0 Å². The van der Waals surface area contributed by atoms with Crippen LogP contribution in [0.1, 0.15) is 42.7 Å². The maximum absolute atomic E-state index is 12.6. The van der Waals surface area contributed by atoms with Gasteiger partial charge in [0.2, 0.25) is 5.91 Å². The molecular weight excluding hydrogens is 408 g/mol. The third-order valence-electron chi connectivity index (χ3n) is 6.20. The summed E-state index contributed by atoms with van der Waals surface area (Å²) in [4.78, 5) is 35.3. The van der Waals surface area contributed by atoms with Gasteiger partial charge in [-0.2, -0.15) is 0 Å². The summed E-state index contributed by atoms with van der Waals surface area (Å²) in [5.41, 5.74) is 4.02. The molecule has 4 rings (SSSR count). The molecule has 3 N–H and O–H groups in total. The number of ether oxygens (including phenoxy) is 1. The molecule has 0 radical (unpaired) electrons. The summed E-state index contributed by atoms with van der Waals surface area (Å²) >= 11 is 0. The van der Waals surface area contributed by atoms with E-state index in [1.165, 1.54) is 17.2 Å². The number of aliphatic carboxylic acids is 1. The zero-order chi connectivity index (χ0) is 22.6. The Labute approximate surface area is 186 Å². The second kappa shape index (κ2) is 9.26. The van der Waals surface area contributed by atoms with Crippen molar-refractivity contribution in [3.8, 4) is 11.1 Å². The van der Waals surface area contributed by atoms with Gasteiger partial charge in [0.15, 0.2) is 0 Å². The van der Waals surface area contributed by atoms with E-state index in [0.29, 0.717) is 12.8 Å². The van der Waals surface area contributed by atoms with Crippen molar-refractivity contribution in [2.24, 2.45) is 0 Å². The Hall–Kier alpha value is -3.61. The van der Waals surface area contributed by atoms with E-state index in [4.69, 9.17) is 9.84 Å². The number of carboxylic acid groups (broad SMARTS) is 1. The lowest BCUT2D eigenvalue weighted by Gasteiger charge is -2.41. The number of alkyl carbamates (subject to hydrolysis) is 1. The van der Waals surface area contributed by atoms with E-state index in [0.717, 1.165) is 23.6 Å². The van der Waals surface area contributed by atoms with Crippen molar-refractivity contribution >= 4 is 18.0 Å². The second-order valence-electron chi connectivity index (χ2n) is 8.31. The van der Waals surface area contributed by atoms with Gasteiger partial charge in [-0.15, -0.1) is 0 Å². The van der Waals surface area contributed by atoms with Crippen molar-refractivity contribution in [1.82, 2.24) is 10.6 Å². The lowest BCUT2D eigenvalue weighted by Crippen LogP contribution is -2.56. The molecule has 2 aromatic rings. The SMILES string of the molecule is O=C(O)/C=C/CNC(=O)CC1(NC(=O)OCC2c3ccccc3-c3ccccc32)CCC1. The number of carbonyl (C=O) groups is 3. The van der Waals surface area contributed by atoms with E-state index in [1.54, 1.807) is 0 Å². The monoisotopic (exact) mass is 434 g/mol. The smallest absolute Gasteiger partial charge is 0.407 e. The van der Waals surface area contributed by atoms with Crippen LogP contribution in [0.3, 0.4) is 0 Å². The molecule has 0 aromatic heterocycles. The molecule has 0 saturated heterocycles. The van der Waals surface area contributed by atoms with E-state index in [-0.39, 0.29) is 31.4 Å². The third-order valence-corrected chi connectivity index (χ3v) is 6.20. The van der Waals surface area contributed by atoms with Crippen LogP contribution in [0.25, 0.3) is 11.1 Å². The first-order valence-corrected chi connectivity index (χ1v) is 10.8. The summed E-state index contributed by atoms with van der Waals surface area (Å²) < 4.78 is 5.62. The zero-order valence-corrected chi connectivity index (χ0v) is 17.7. The normalized spacial score (nSPS) is 16.0. The molecule has 7 nitrogen and oxygen atoms in total. The number of carbonyl (C=O) groups excluding carboxylic acids is 2. The van der Waals surface area contributed by atoms with Gasteiger partial charge >= 0.3 is 12.1 Å². The van der Waals surface area contributed by atoms with Gasteiger partial charge in [0.25, 0.3) is 0 Å². The number of nitrogens with one attached hydrogen (secondary N) is 2. The van der Waals surface area contributed by atoms with Crippen LogP contribution < -0.4 is 10.6 Å². The molecule has 0 heterocycles. The molecule has 7 heteroatoms. The van der Waals surface area contributed by atoms with Crippen molar-refractivity contribution in [2.75, 3.05) is 13.2 Å². The summed E-state index contributed by atoms with van der Waals surface area (Å²) in [5.74, 6) is -1.32. The van der Waals surface area contributed by atoms with E-state index in [2.05, 4.69) is 34.9 Å². The molecule has 32 heavy (non-hydrogen) atoms. The minimum absolute atomic E-state index is 0.0187. The summed E-state index contributed by atoms with van der Waals surface area (Å²) in [6.07, 6.45) is 4.30. The molecule has 0 spiro atoms. The molecule has 0 atom stereocenters. The van der Waals surface area contributed by atoms with Crippen LogP contribution in [0.4, 0.5) is 4.79 Å². The van der Waals surface area contributed by atoms with Crippen LogP contribution in [0.5, 0.6) is 0 Å². The molecule has 2 aliphatic rings. The molecule has 0 aliphatic heterocycles. The molecule has 0 bridgehead atoms. The number of carboxylic acids is 1. The topological polar surface area (TPSA) is 105 Å². The van der Waals surface area contributed by atoms with Crippen molar-refractivity contribution in [2.45, 2.75) is 37.1 Å². The Morgan fingerprint density at radius 1 is 1.03 bits per heavy atom. The first-order valence-electron chi connectivity index (χ1n) is 10.8. The second-order valence-corrected chi connectivity index (χ2v) is 8.31. The van der Waals surface area contributed by atoms with Crippen LogP contribution in [0, 0.1) is 0 Å². The zero-order valence-electron chi connectivity index (χ0n) is 17.7. The van der Waals surface area contributed by atoms with Gasteiger partial charge in [-0.25, -0.2) is 9.59 Å². The van der Waals surface area contributed by atoms with E-state index >= 15 is 0 Å². The van der Waals surface area contributed by atoms with Crippen molar-refractivity contribution in [3.05, 3.63) is 71.8 Å². The number of fused-ring (bicyclic) bond motifs is 3. The van der Waals surface area contributed by atoms with E-state index in [1.807, 2.05) is 24.3 Å². The predicted molar refractivity (Wildman–Crippen MR) is 119 cm³/mol. The number of amides is 2. The molecule has 1 saturated carbocycles. The fourth-order valence-electron chi connectivity index (χ4n) is 4.50. The largest absolute Gasteiger partial charge is 0.478 e. The highest BCUT2D eigenvalue weighted by Gasteiger charge is 2.41. The number of rotatable bonds is 8. The highest BCUT2D eigenvalue weighted by atomic mass is 16.5. The molecular formula is C25H26N2O5. The van der Waals surface area contributed by atoms with Crippen LogP contribution in [-0.2, 0) is 14.3 Å². The lowest BCUT2D eigenvalue weighted by molar-refractivity contribution is -0.131. The quantitative estimate of drug-likeness (QED) is 0.551. The van der Waals surface area contributed by atoms with Crippen molar-refractivity contribution in [3.63, 3.8) is 0 Å². The Balaban J connectivity index is 1.33. The molecule has 2 aromatic carbocycles. The number of hydrogen-bond acceptors (Lipinski definition) is 4. The van der Waals surface area contributed by atoms with Gasteiger partial charge in [0, 0.05) is 25.0 Å². The van der Waals surface area contributed by atoms with Gasteiger partial charge in [-0.05, 0) is 41.5 Å². The van der Waals surface area contributed by atoms with Gasteiger partial charge in [-0.1, -0.05) is 54.6 Å². The molecule has 0 unspecified atom stereocenters. The molecule has 2 aliphatic carbocycles. The fourth-order valence-corrected chi connectivity index (χ4v) is 4.50. The Morgan fingerprint density at radius 2 is 1.66 bits per heavy atom. The van der Waals surface area contributed by atoms with Crippen LogP contribution in [0.2, 0.25) is 0 Å². The molecule has 2 amide bonds. The Kier molecular flexibility index (Phi) is 6.25. The number of benzene rings is 2. The standard InChI is InChI=1S/C25H26N2O5/c28-22(26-14-5-11-23(29)30)15-25(12-6-13-25)27-24(31)32-16-21-19-9-3-1-7-17(19)18-8-2-4-10-20(18)21/h1-5,7-11,21H,6,12-16H2,(H,26,28)(H,27,31)(H,29,30)/b11-5+. The lowest BCUT2D eigenvalue weighted by atomic mass is 9.74. The summed E-state index contributed by atoms with van der Waals surface area (Å²) in [6, 6.07) is 16.3. The minimum Gasteiger partial charge on any atom is -0.478 e. The Bertz CT molecular complexity index is 1010. The predicted octanol–water partition coefficient (Wildman–Crippen LogP) is 3.59. The van der Waals surface area contributed by atoms with Gasteiger partial charge < -0.3 is 20.5 Å². The van der Waals surface area contributed by atoms with E-state index in [9.17, 15) is 14.4 Å². The summed E-state index contributed by atoms with van der Waals surface area (Å²) in [7, 11) is 0. The summed E-state index contributed by atoms with van der Waals surface area (Å²) in [5, 5.41) is 14.1. The average Bonchev–Trinajstić information content (AvgIpc) is 3.07. The Morgan fingerprint density at radius 3 is 2.22 bits per heavy atom. The van der Waals surface area contributed by atoms with Gasteiger partial charge in [0.05, 0.1) is 5.54 Å². The maximum Gasteiger partial charge on any atom is 0.407 e. The highest BCUT2D eigenvalue weighted by molar-refractivity contribution is 5.81. The minimum atomic E-state index is -1.06. The highest BCUT2D eigenvalue weighted by Crippen LogP contribution is 2.44. The first kappa shape index (κ1) is 21.6. The van der Waals surface area contributed by atoms with Crippen molar-refractivity contribution < 1.29 is 24.2 Å². The fraction of sp³-hybridized carbons (Fsp3) is 0.320. The molecule has 1 fully saturated rings. The summed E-state index contributed by atoms with van der Waals surface area (Å²) in [6.45, 7) is 0.355. The number of hydrogen-bond donors (Lipinski definition) is 3. The molecule has 166 valence electrons. The van der Waals surface area contributed by atoms with Crippen LogP contribution >= 0.6 is 0 Å². The van der Waals surface area contributed by atoms with Gasteiger partial charge in [0.1, 0.15) is 6.61 Å². The van der Waals surface area contributed by atoms with E-state index < -0.39 is 17.6 Å². The third kappa shape index (κ3) is 4.66. The average molecular weight is 434 g/mol. The van der Waals surface area contributed by atoms with Crippen LogP contribution in [0.15, 0.2) is 60.7 Å².